The third-order valence-electron chi connectivity index (χ3n) is 4.52. The summed E-state index contributed by atoms with van der Waals surface area (Å²) in [6, 6.07) is 16.2. The number of hydrazine groups is 1. The maximum Gasteiger partial charge on any atom is 0.269 e. The summed E-state index contributed by atoms with van der Waals surface area (Å²) in [5, 5.41) is 9.63. The number of ether oxygens (including phenoxy) is 1. The summed E-state index contributed by atoms with van der Waals surface area (Å²) in [4.78, 5) is 24.2. The third kappa shape index (κ3) is 5.56. The molecular formula is C21H20ClN5O3S. The number of amides is 2. The zero-order valence-electron chi connectivity index (χ0n) is 16.5. The number of para-hydroxylation sites is 1. The first-order chi connectivity index (χ1) is 15.1. The van der Waals surface area contributed by atoms with Crippen LogP contribution in [0.2, 0.25) is 5.02 Å². The van der Waals surface area contributed by atoms with Gasteiger partial charge in [-0.3, -0.25) is 25.0 Å². The van der Waals surface area contributed by atoms with Crippen molar-refractivity contribution in [2.24, 2.45) is 0 Å². The van der Waals surface area contributed by atoms with Gasteiger partial charge < -0.3 is 4.74 Å². The number of hydrogen-bond donors (Lipinski definition) is 2. The lowest BCUT2D eigenvalue weighted by atomic mass is 10.2. The van der Waals surface area contributed by atoms with Gasteiger partial charge in [0.15, 0.2) is 11.0 Å². The fourth-order valence-electron chi connectivity index (χ4n) is 2.86. The summed E-state index contributed by atoms with van der Waals surface area (Å²) in [6.45, 7) is 0.229. The zero-order valence-corrected chi connectivity index (χ0v) is 18.0. The molecule has 0 saturated heterocycles. The second-order valence-corrected chi connectivity index (χ2v) is 8.23. The number of carbonyl (C=O) groups excluding carboxylic acids is 2. The number of halogens is 1. The summed E-state index contributed by atoms with van der Waals surface area (Å²) in [5.74, 6) is 0.637. The van der Waals surface area contributed by atoms with Crippen LogP contribution >= 0.6 is 23.4 Å². The van der Waals surface area contributed by atoms with Crippen LogP contribution in [0.3, 0.4) is 0 Å². The van der Waals surface area contributed by atoms with Gasteiger partial charge in [-0.1, -0.05) is 53.7 Å². The highest BCUT2D eigenvalue weighted by molar-refractivity contribution is 7.99. The van der Waals surface area contributed by atoms with E-state index in [4.69, 9.17) is 16.3 Å². The van der Waals surface area contributed by atoms with E-state index in [0.717, 1.165) is 12.8 Å². The molecule has 10 heteroatoms. The Bertz CT molecular complexity index is 1070. The van der Waals surface area contributed by atoms with E-state index in [-0.39, 0.29) is 24.2 Å². The molecule has 1 fully saturated rings. The Morgan fingerprint density at radius 2 is 1.81 bits per heavy atom. The van der Waals surface area contributed by atoms with Gasteiger partial charge in [0.2, 0.25) is 5.91 Å². The van der Waals surface area contributed by atoms with Crippen molar-refractivity contribution < 1.29 is 14.3 Å². The van der Waals surface area contributed by atoms with Crippen LogP contribution in [0.15, 0.2) is 59.8 Å². The van der Waals surface area contributed by atoms with Gasteiger partial charge in [0.1, 0.15) is 12.4 Å². The number of hydrogen-bond acceptors (Lipinski definition) is 6. The molecule has 0 radical (unpaired) electrons. The lowest BCUT2D eigenvalue weighted by Crippen LogP contribution is -2.42. The molecule has 2 amide bonds. The maximum atomic E-state index is 12.2. The van der Waals surface area contributed by atoms with E-state index in [1.807, 2.05) is 22.8 Å². The second-order valence-electron chi connectivity index (χ2n) is 6.88. The van der Waals surface area contributed by atoms with Crippen molar-refractivity contribution >= 4 is 35.2 Å². The van der Waals surface area contributed by atoms with Crippen LogP contribution in [-0.2, 0) is 11.4 Å². The van der Waals surface area contributed by atoms with Crippen LogP contribution in [0.1, 0.15) is 35.1 Å². The van der Waals surface area contributed by atoms with Crippen molar-refractivity contribution in [3.8, 4) is 5.75 Å². The van der Waals surface area contributed by atoms with Gasteiger partial charge in [-0.15, -0.1) is 10.2 Å². The number of nitrogens with one attached hydrogen (secondary N) is 2. The fourth-order valence-corrected chi connectivity index (χ4v) is 3.88. The topological polar surface area (TPSA) is 98.1 Å². The molecule has 0 aliphatic heterocycles. The molecule has 2 aromatic carbocycles. The van der Waals surface area contributed by atoms with Crippen molar-refractivity contribution in [1.29, 1.82) is 0 Å². The number of nitrogens with zero attached hydrogens (tertiary/aromatic N) is 3. The summed E-state index contributed by atoms with van der Waals surface area (Å²) >= 11 is 7.40. The molecule has 1 heterocycles. The average Bonchev–Trinajstić information content (AvgIpc) is 3.56. The number of benzene rings is 2. The standard InChI is InChI=1S/C21H20ClN5O3S/c22-16-8-4-5-9-17(16)30-12-18-23-26-21(27(18)15-10-11-15)31-13-19(28)24-25-20(29)14-6-2-1-3-7-14/h1-9,15H,10-13H2,(H,24,28)(H,25,29). The van der Waals surface area contributed by atoms with E-state index >= 15 is 0 Å². The highest BCUT2D eigenvalue weighted by Gasteiger charge is 2.30. The minimum absolute atomic E-state index is 0.0886. The van der Waals surface area contributed by atoms with Gasteiger partial charge in [-0.25, -0.2) is 0 Å². The normalized spacial score (nSPS) is 12.9. The number of thioether (sulfide) groups is 1. The molecule has 2 N–H and O–H groups in total. The minimum atomic E-state index is -0.376. The molecule has 1 aliphatic carbocycles. The van der Waals surface area contributed by atoms with Crippen molar-refractivity contribution in [1.82, 2.24) is 25.6 Å². The lowest BCUT2D eigenvalue weighted by Gasteiger charge is -2.11. The molecule has 31 heavy (non-hydrogen) atoms. The van der Waals surface area contributed by atoms with E-state index in [0.29, 0.717) is 33.4 Å². The molecule has 0 unspecified atom stereocenters. The van der Waals surface area contributed by atoms with Crippen LogP contribution < -0.4 is 15.6 Å². The molecule has 8 nitrogen and oxygen atoms in total. The van der Waals surface area contributed by atoms with Crippen LogP contribution in [-0.4, -0.2) is 32.3 Å². The fraction of sp³-hybridized carbons (Fsp3) is 0.238. The van der Waals surface area contributed by atoms with E-state index in [9.17, 15) is 9.59 Å². The van der Waals surface area contributed by atoms with Gasteiger partial charge in [0, 0.05) is 11.6 Å². The molecule has 0 atom stereocenters. The van der Waals surface area contributed by atoms with Crippen LogP contribution in [0, 0.1) is 0 Å². The summed E-state index contributed by atoms with van der Waals surface area (Å²) in [5.41, 5.74) is 5.29. The monoisotopic (exact) mass is 457 g/mol. The van der Waals surface area contributed by atoms with Crippen LogP contribution in [0.5, 0.6) is 5.75 Å². The molecule has 1 saturated carbocycles. The predicted molar refractivity (Wildman–Crippen MR) is 117 cm³/mol. The molecule has 1 aliphatic rings. The molecule has 4 rings (SSSR count). The summed E-state index contributed by atoms with van der Waals surface area (Å²) in [7, 11) is 0. The SMILES string of the molecule is O=C(CSc1nnc(COc2ccccc2Cl)n1C1CC1)NNC(=O)c1ccccc1. The first-order valence-corrected chi connectivity index (χ1v) is 11.1. The Balaban J connectivity index is 1.32. The molecule has 0 spiro atoms. The number of rotatable bonds is 8. The first kappa shape index (κ1) is 21.2. The quantitative estimate of drug-likeness (QED) is 0.397. The average molecular weight is 458 g/mol. The van der Waals surface area contributed by atoms with E-state index in [1.54, 1.807) is 36.4 Å². The van der Waals surface area contributed by atoms with Crippen LogP contribution in [0.4, 0.5) is 0 Å². The van der Waals surface area contributed by atoms with E-state index in [1.165, 1.54) is 11.8 Å². The highest BCUT2D eigenvalue weighted by Crippen LogP contribution is 2.39. The molecular weight excluding hydrogens is 438 g/mol. The van der Waals surface area contributed by atoms with E-state index < -0.39 is 0 Å². The predicted octanol–water partition coefficient (Wildman–Crippen LogP) is 3.40. The first-order valence-electron chi connectivity index (χ1n) is 9.70. The Labute approximate surface area is 188 Å². The largest absolute Gasteiger partial charge is 0.484 e. The van der Waals surface area contributed by atoms with E-state index in [2.05, 4.69) is 21.0 Å². The zero-order chi connectivity index (χ0) is 21.6. The Morgan fingerprint density at radius 3 is 2.55 bits per heavy atom. The van der Waals surface area contributed by atoms with Crippen LogP contribution in [0.25, 0.3) is 0 Å². The highest BCUT2D eigenvalue weighted by atomic mass is 35.5. The van der Waals surface area contributed by atoms with Gasteiger partial charge in [-0.05, 0) is 37.1 Å². The lowest BCUT2D eigenvalue weighted by molar-refractivity contribution is -0.119. The Kier molecular flexibility index (Phi) is 6.73. The smallest absolute Gasteiger partial charge is 0.269 e. The summed E-state index contributed by atoms with van der Waals surface area (Å²) < 4.78 is 7.81. The van der Waals surface area contributed by atoms with Gasteiger partial charge in [-0.2, -0.15) is 0 Å². The summed E-state index contributed by atoms with van der Waals surface area (Å²) in [6.07, 6.45) is 2.06. The number of aromatic nitrogens is 3. The number of carbonyl (C=O) groups is 2. The van der Waals surface area contributed by atoms with Gasteiger partial charge in [0.25, 0.3) is 5.91 Å². The Hall–Kier alpha value is -3.04. The molecule has 160 valence electrons. The van der Waals surface area contributed by atoms with Crippen molar-refractivity contribution in [2.45, 2.75) is 30.6 Å². The molecule has 3 aromatic rings. The second kappa shape index (κ2) is 9.84. The molecule has 0 bridgehead atoms. The minimum Gasteiger partial charge on any atom is -0.484 e. The Morgan fingerprint density at radius 1 is 1.06 bits per heavy atom. The van der Waals surface area contributed by atoms with Gasteiger partial charge >= 0.3 is 0 Å². The maximum absolute atomic E-state index is 12.2. The van der Waals surface area contributed by atoms with Crippen molar-refractivity contribution in [2.75, 3.05) is 5.75 Å². The van der Waals surface area contributed by atoms with Gasteiger partial charge in [0.05, 0.1) is 10.8 Å². The van der Waals surface area contributed by atoms with Crippen molar-refractivity contribution in [3.05, 3.63) is 71.0 Å². The third-order valence-corrected chi connectivity index (χ3v) is 5.78. The van der Waals surface area contributed by atoms with Crippen molar-refractivity contribution in [3.63, 3.8) is 0 Å². The molecule has 1 aromatic heterocycles.